The zero-order valence-corrected chi connectivity index (χ0v) is 28.9. The van der Waals surface area contributed by atoms with Gasteiger partial charge in [-0.05, 0) is 4.57 Å². The molecule has 6 heterocycles. The molecule has 19 nitrogen and oxygen atoms in total. The number of anilines is 2. The Morgan fingerprint density at radius 2 is 1.27 bits per heavy atom. The Bertz CT molecular complexity index is 1690. The first-order valence-corrected chi connectivity index (χ1v) is 20.0. The van der Waals surface area contributed by atoms with Crippen LogP contribution >= 0.6 is 37.9 Å². The van der Waals surface area contributed by atoms with Gasteiger partial charge in [0.25, 0.3) is 0 Å². The highest BCUT2D eigenvalue weighted by Gasteiger charge is 2.50. The second kappa shape index (κ2) is 15.5. The maximum Gasteiger partial charge on any atom is 0.582 e. The molecule has 6 rings (SSSR count). The number of ether oxygens (including phenoxy) is 2. The number of nitrogens with zero attached hydrogens (tertiary/aromatic N) is 8. The van der Waals surface area contributed by atoms with E-state index in [0.29, 0.717) is 47.1 Å². The third-order valence-electron chi connectivity index (χ3n) is 7.62. The Morgan fingerprint density at radius 3 is 1.69 bits per heavy atom. The van der Waals surface area contributed by atoms with E-state index in [1.165, 1.54) is 29.9 Å². The molecule has 6 N–H and O–H groups in total. The number of nitrogens with one attached hydrogen (secondary N) is 2. The first-order valence-electron chi connectivity index (χ1n) is 14.2. The van der Waals surface area contributed by atoms with Crippen molar-refractivity contribution in [3.63, 3.8) is 0 Å². The smallest absolute Gasteiger partial charge is 0.394 e. The highest BCUT2D eigenvalue weighted by Crippen LogP contribution is 2.42. The first kappa shape index (κ1) is 35.3. The van der Waals surface area contributed by atoms with Crippen molar-refractivity contribution in [2.75, 3.05) is 36.9 Å². The molecule has 0 spiro atoms. The van der Waals surface area contributed by atoms with E-state index in [1.54, 1.807) is 4.57 Å². The van der Waals surface area contributed by atoms with Gasteiger partial charge in [0.2, 0.25) is 11.8 Å². The lowest BCUT2D eigenvalue weighted by Crippen LogP contribution is -2.34. The topological polar surface area (TPSA) is 246 Å². The van der Waals surface area contributed by atoms with Crippen molar-refractivity contribution < 1.29 is 43.5 Å². The highest BCUT2D eigenvalue weighted by molar-refractivity contribution is 8.54. The van der Waals surface area contributed by atoms with E-state index < -0.39 is 75.6 Å². The van der Waals surface area contributed by atoms with Crippen LogP contribution < -0.4 is 10.6 Å². The SMILES string of the molecule is O=[P+](S)O[C@@H]1[C@H](O)C(CO)O[C@H]1n1cnc2c(NC/C=C/CNc3ncnc4c3ncn4C3O[C@H](CO)[C@@H](O)C3O[P+](=S)S)ncnc21. The highest BCUT2D eigenvalue weighted by atomic mass is 32.9. The average Bonchev–Trinajstić information content (AvgIpc) is 3.83. The molecule has 24 heteroatoms. The summed E-state index contributed by atoms with van der Waals surface area (Å²) in [6.07, 6.45) is -0.202. The summed E-state index contributed by atoms with van der Waals surface area (Å²) in [5, 5.41) is 46.7. The normalized spacial score (nSPS) is 28.1. The summed E-state index contributed by atoms with van der Waals surface area (Å²) in [5.74, 6) is 0.891. The number of rotatable bonds is 14. The lowest BCUT2D eigenvalue weighted by Gasteiger charge is -2.17. The quantitative estimate of drug-likeness (QED) is 0.0498. The van der Waals surface area contributed by atoms with Gasteiger partial charge >= 0.3 is 13.4 Å². The molecule has 2 saturated heterocycles. The standard InChI is InChI=1S/C24H28N10O9P2S3/c35-5-11-15(37)17(42-44(39)46)23(40-11)33-9-31-13-19(27-7-29-21(13)33)25-3-1-2-4-26-20-14-22(30-8-28-20)34(10-32-14)24-18(43-45(47)48)16(38)12(6-36)41-24/h1-2,7-12,15-18,23-24,35-38H,3-6H2,(H2-2,25,26,27,28,29,30,39,46,47,48)/p+2/b2-1+/t11?,12-,15-,16-,17-,18?,23-,24?/m1/s1. The number of hydrogen-bond acceptors (Lipinski definition) is 18. The van der Waals surface area contributed by atoms with Crippen molar-refractivity contribution in [3.05, 3.63) is 37.5 Å². The zero-order chi connectivity index (χ0) is 33.9. The number of aliphatic hydroxyl groups is 4. The van der Waals surface area contributed by atoms with Crippen molar-refractivity contribution in [2.45, 2.75) is 49.1 Å². The van der Waals surface area contributed by atoms with Crippen LogP contribution in [0.3, 0.4) is 0 Å². The minimum atomic E-state index is -2.37. The lowest BCUT2D eigenvalue weighted by atomic mass is 10.1. The zero-order valence-electron chi connectivity index (χ0n) is 24.5. The van der Waals surface area contributed by atoms with E-state index in [1.807, 2.05) is 12.2 Å². The van der Waals surface area contributed by atoms with Crippen LogP contribution in [0.1, 0.15) is 12.5 Å². The first-order chi connectivity index (χ1) is 23.2. The molecule has 4 aromatic rings. The van der Waals surface area contributed by atoms with E-state index in [0.717, 1.165) is 0 Å². The van der Waals surface area contributed by atoms with Crippen LogP contribution in [0.2, 0.25) is 0 Å². The lowest BCUT2D eigenvalue weighted by molar-refractivity contribution is -0.0481. The monoisotopic (exact) mass is 760 g/mol. The van der Waals surface area contributed by atoms with Crippen LogP contribution in [-0.4, -0.2) is 122 Å². The number of fused-ring (bicyclic) bond motifs is 2. The number of aromatic nitrogens is 8. The van der Waals surface area contributed by atoms with Gasteiger partial charge in [0, 0.05) is 13.1 Å². The van der Waals surface area contributed by atoms with Crippen molar-refractivity contribution >= 4 is 83.6 Å². The summed E-state index contributed by atoms with van der Waals surface area (Å²) in [5.41, 5.74) is 1.65. The fraction of sp³-hybridized carbons (Fsp3) is 0.500. The number of imidazole rings is 2. The predicted octanol–water partition coefficient (Wildman–Crippen LogP) is 0.609. The van der Waals surface area contributed by atoms with Gasteiger partial charge < -0.3 is 40.5 Å². The Kier molecular flexibility index (Phi) is 11.4. The Hall–Kier alpha value is -2.56. The van der Waals surface area contributed by atoms with E-state index in [2.05, 4.69) is 65.0 Å². The number of thiol groups is 2. The Morgan fingerprint density at radius 1 is 0.812 bits per heavy atom. The van der Waals surface area contributed by atoms with E-state index >= 15 is 0 Å². The molecule has 48 heavy (non-hydrogen) atoms. The van der Waals surface area contributed by atoms with Gasteiger partial charge in [-0.1, -0.05) is 12.2 Å². The van der Waals surface area contributed by atoms with Crippen LogP contribution in [0.15, 0.2) is 37.5 Å². The molecular formula is C24H30N10O9P2S3+2. The minimum absolute atomic E-state index is 0.363. The van der Waals surface area contributed by atoms with Gasteiger partial charge in [0.15, 0.2) is 58.6 Å². The van der Waals surface area contributed by atoms with Crippen LogP contribution in [-0.2, 0) is 34.9 Å². The molecule has 4 aromatic heterocycles. The molecular weight excluding hydrogens is 730 g/mol. The van der Waals surface area contributed by atoms with Crippen LogP contribution in [0, 0.1) is 0 Å². The summed E-state index contributed by atoms with van der Waals surface area (Å²) < 4.78 is 37.4. The van der Waals surface area contributed by atoms with Crippen LogP contribution in [0.25, 0.3) is 22.3 Å². The van der Waals surface area contributed by atoms with Gasteiger partial charge in [0.1, 0.15) is 61.6 Å². The van der Waals surface area contributed by atoms with Gasteiger partial charge in [0.05, 0.1) is 25.9 Å². The van der Waals surface area contributed by atoms with Gasteiger partial charge in [-0.3, -0.25) is 9.13 Å². The second-order valence-corrected chi connectivity index (χ2v) is 15.7. The molecule has 0 aliphatic carbocycles. The molecule has 0 amide bonds. The minimum Gasteiger partial charge on any atom is -0.394 e. The summed E-state index contributed by atoms with van der Waals surface area (Å²) in [6.45, 7) is -0.134. The van der Waals surface area contributed by atoms with E-state index in [4.69, 9.17) is 30.3 Å². The summed E-state index contributed by atoms with van der Waals surface area (Å²) >= 11 is 13.0. The van der Waals surface area contributed by atoms with Crippen molar-refractivity contribution in [3.8, 4) is 0 Å². The summed E-state index contributed by atoms with van der Waals surface area (Å²) in [6, 6.07) is 0. The number of aliphatic hydroxyl groups excluding tert-OH is 4. The summed E-state index contributed by atoms with van der Waals surface area (Å²) in [7, 11) is -2.37. The van der Waals surface area contributed by atoms with Crippen molar-refractivity contribution in [2.24, 2.45) is 0 Å². The average molecular weight is 761 g/mol. The largest absolute Gasteiger partial charge is 0.582 e. The maximum atomic E-state index is 11.7. The molecule has 0 radical (unpaired) electrons. The summed E-state index contributed by atoms with van der Waals surface area (Å²) in [4.78, 5) is 26.0. The van der Waals surface area contributed by atoms with Crippen LogP contribution in [0.5, 0.6) is 0 Å². The van der Waals surface area contributed by atoms with E-state index in [9.17, 15) is 25.0 Å². The Labute approximate surface area is 288 Å². The molecule has 2 aliphatic rings. The second-order valence-electron chi connectivity index (χ2n) is 10.4. The fourth-order valence-electron chi connectivity index (χ4n) is 5.43. The predicted molar refractivity (Wildman–Crippen MR) is 180 cm³/mol. The van der Waals surface area contributed by atoms with Crippen LogP contribution in [0.4, 0.5) is 11.6 Å². The molecule has 0 saturated carbocycles. The van der Waals surface area contributed by atoms with E-state index in [-0.39, 0.29) is 0 Å². The molecule has 2 fully saturated rings. The Balaban J connectivity index is 1.09. The third-order valence-corrected chi connectivity index (χ3v) is 9.29. The molecule has 2 aliphatic heterocycles. The van der Waals surface area contributed by atoms with Crippen molar-refractivity contribution in [1.29, 1.82) is 0 Å². The third kappa shape index (κ3) is 7.17. The maximum absolute atomic E-state index is 11.7. The molecule has 10 atom stereocenters. The molecule has 5 unspecified atom stereocenters. The van der Waals surface area contributed by atoms with Gasteiger partial charge in [-0.25, -0.2) is 29.9 Å². The van der Waals surface area contributed by atoms with Crippen molar-refractivity contribution in [1.82, 2.24) is 39.0 Å². The van der Waals surface area contributed by atoms with Gasteiger partial charge in [-0.15, -0.1) is 9.05 Å². The van der Waals surface area contributed by atoms with Gasteiger partial charge in [-0.2, -0.15) is 0 Å². The molecule has 256 valence electrons. The molecule has 0 aromatic carbocycles. The number of hydrogen-bond donors (Lipinski definition) is 8. The molecule has 0 bridgehead atoms. The fourth-order valence-corrected chi connectivity index (χ4v) is 7.26.